The number of rotatable bonds is 3. The molecule has 1 heterocycles. The molecule has 0 aliphatic carbocycles. The predicted molar refractivity (Wildman–Crippen MR) is 84.9 cm³/mol. The van der Waals surface area contributed by atoms with E-state index in [1.807, 2.05) is 0 Å². The molecule has 0 aromatic heterocycles. The molecule has 1 N–H and O–H groups in total. The summed E-state index contributed by atoms with van der Waals surface area (Å²) in [6.07, 6.45) is 1.13. The number of benzene rings is 2. The van der Waals surface area contributed by atoms with Crippen LogP contribution in [0.15, 0.2) is 47.4 Å². The summed E-state index contributed by atoms with van der Waals surface area (Å²) >= 11 is 0. The van der Waals surface area contributed by atoms with E-state index in [2.05, 4.69) is 5.32 Å². The maximum atomic E-state index is 12.3. The van der Waals surface area contributed by atoms with Crippen LogP contribution >= 0.6 is 0 Å². The molecule has 0 fully saturated rings. The first-order chi connectivity index (χ1) is 10.9. The summed E-state index contributed by atoms with van der Waals surface area (Å²) in [5.74, 6) is 0.843. The Hall–Kier alpha value is -2.54. The van der Waals surface area contributed by atoms with Crippen molar-refractivity contribution in [1.82, 2.24) is 0 Å². The third-order valence-corrected chi connectivity index (χ3v) is 4.47. The number of hydrogen-bond acceptors (Lipinski definition) is 5. The van der Waals surface area contributed by atoms with E-state index in [1.54, 1.807) is 30.3 Å². The van der Waals surface area contributed by atoms with E-state index in [9.17, 15) is 13.2 Å². The Balaban J connectivity index is 1.76. The number of hydrogen-bond donors (Lipinski definition) is 1. The van der Waals surface area contributed by atoms with E-state index in [0.29, 0.717) is 36.0 Å². The lowest BCUT2D eigenvalue weighted by Crippen LogP contribution is -2.17. The van der Waals surface area contributed by atoms with Gasteiger partial charge in [-0.05, 0) is 42.5 Å². The Morgan fingerprint density at radius 1 is 1.00 bits per heavy atom. The zero-order chi connectivity index (χ0) is 16.4. The first kappa shape index (κ1) is 15.4. The van der Waals surface area contributed by atoms with E-state index in [4.69, 9.17) is 9.47 Å². The molecule has 6 nitrogen and oxygen atoms in total. The highest BCUT2D eigenvalue weighted by atomic mass is 32.2. The van der Waals surface area contributed by atoms with Crippen molar-refractivity contribution in [1.29, 1.82) is 0 Å². The van der Waals surface area contributed by atoms with E-state index in [0.717, 1.165) is 6.26 Å². The maximum absolute atomic E-state index is 12.3. The molecule has 0 spiro atoms. The van der Waals surface area contributed by atoms with Crippen molar-refractivity contribution in [2.24, 2.45) is 0 Å². The highest BCUT2D eigenvalue weighted by Crippen LogP contribution is 2.31. The number of nitrogens with one attached hydrogen (secondary N) is 1. The lowest BCUT2D eigenvalue weighted by atomic mass is 10.1. The molecule has 0 unspecified atom stereocenters. The number of carbonyl (C=O) groups is 1. The van der Waals surface area contributed by atoms with Crippen LogP contribution in [-0.4, -0.2) is 33.8 Å². The van der Waals surface area contributed by atoms with Gasteiger partial charge < -0.3 is 14.8 Å². The molecule has 3 rings (SSSR count). The van der Waals surface area contributed by atoms with Gasteiger partial charge in [0.25, 0.3) is 5.91 Å². The van der Waals surface area contributed by atoms with Gasteiger partial charge in [0.2, 0.25) is 0 Å². The second-order valence-electron chi connectivity index (χ2n) is 5.11. The number of amides is 1. The summed E-state index contributed by atoms with van der Waals surface area (Å²) in [5, 5.41) is 2.71. The zero-order valence-corrected chi connectivity index (χ0v) is 13.2. The fourth-order valence-electron chi connectivity index (χ4n) is 2.17. The number of ether oxygens (including phenoxy) is 2. The molecule has 0 atom stereocenters. The standard InChI is InChI=1S/C16H15NO5S/c1-23(19,20)13-5-3-12(4-6-13)17-16(18)11-2-7-14-15(10-11)22-9-8-21-14/h2-7,10H,8-9H2,1H3,(H,17,18). The second kappa shape index (κ2) is 5.92. The number of sulfone groups is 1. The smallest absolute Gasteiger partial charge is 0.255 e. The van der Waals surface area contributed by atoms with E-state index < -0.39 is 9.84 Å². The first-order valence-electron chi connectivity index (χ1n) is 6.94. The molecule has 1 aliphatic heterocycles. The van der Waals surface area contributed by atoms with Crippen molar-refractivity contribution in [2.75, 3.05) is 24.8 Å². The van der Waals surface area contributed by atoms with Gasteiger partial charge in [0.15, 0.2) is 21.3 Å². The highest BCUT2D eigenvalue weighted by molar-refractivity contribution is 7.90. The summed E-state index contributed by atoms with van der Waals surface area (Å²) in [5.41, 5.74) is 0.943. The van der Waals surface area contributed by atoms with Gasteiger partial charge in [-0.2, -0.15) is 0 Å². The van der Waals surface area contributed by atoms with Gasteiger partial charge in [0, 0.05) is 17.5 Å². The van der Waals surface area contributed by atoms with Crippen molar-refractivity contribution < 1.29 is 22.7 Å². The third kappa shape index (κ3) is 3.45. The molecule has 2 aromatic rings. The fraction of sp³-hybridized carbons (Fsp3) is 0.188. The summed E-state index contributed by atoms with van der Waals surface area (Å²) in [4.78, 5) is 12.5. The molecule has 7 heteroatoms. The van der Waals surface area contributed by atoms with Crippen molar-refractivity contribution in [3.05, 3.63) is 48.0 Å². The summed E-state index contributed by atoms with van der Waals surface area (Å²) in [6, 6.07) is 11.0. The van der Waals surface area contributed by atoms with Crippen LogP contribution < -0.4 is 14.8 Å². The number of fused-ring (bicyclic) bond motifs is 1. The Labute approximate surface area is 134 Å². The van der Waals surface area contributed by atoms with Crippen molar-refractivity contribution in [3.63, 3.8) is 0 Å². The lowest BCUT2D eigenvalue weighted by Gasteiger charge is -2.18. The predicted octanol–water partition coefficient (Wildman–Crippen LogP) is 2.11. The van der Waals surface area contributed by atoms with Crippen molar-refractivity contribution in [3.8, 4) is 11.5 Å². The Morgan fingerprint density at radius 3 is 2.30 bits per heavy atom. The van der Waals surface area contributed by atoms with Crippen LogP contribution in [0, 0.1) is 0 Å². The summed E-state index contributed by atoms with van der Waals surface area (Å²) < 4.78 is 33.7. The van der Waals surface area contributed by atoms with Crippen LogP contribution in [0.2, 0.25) is 0 Å². The molecule has 1 aliphatic rings. The Bertz CT molecular complexity index is 843. The largest absolute Gasteiger partial charge is 0.486 e. The van der Waals surface area contributed by atoms with E-state index in [-0.39, 0.29) is 10.8 Å². The third-order valence-electron chi connectivity index (χ3n) is 3.34. The molecule has 0 radical (unpaired) electrons. The quantitative estimate of drug-likeness (QED) is 0.930. The zero-order valence-electron chi connectivity index (χ0n) is 12.4. The molecule has 2 aromatic carbocycles. The molecular weight excluding hydrogens is 318 g/mol. The van der Waals surface area contributed by atoms with Crippen LogP contribution in [0.5, 0.6) is 11.5 Å². The van der Waals surface area contributed by atoms with Gasteiger partial charge in [0.05, 0.1) is 4.90 Å². The van der Waals surface area contributed by atoms with Gasteiger partial charge >= 0.3 is 0 Å². The fourth-order valence-corrected chi connectivity index (χ4v) is 2.80. The Morgan fingerprint density at radius 2 is 1.65 bits per heavy atom. The van der Waals surface area contributed by atoms with Crippen LogP contribution in [0.25, 0.3) is 0 Å². The molecule has 1 amide bonds. The molecule has 120 valence electrons. The minimum atomic E-state index is -3.25. The topological polar surface area (TPSA) is 81.7 Å². The first-order valence-corrected chi connectivity index (χ1v) is 8.84. The van der Waals surface area contributed by atoms with Gasteiger partial charge in [-0.3, -0.25) is 4.79 Å². The van der Waals surface area contributed by atoms with Crippen molar-refractivity contribution in [2.45, 2.75) is 4.90 Å². The highest BCUT2D eigenvalue weighted by Gasteiger charge is 2.15. The number of carbonyl (C=O) groups excluding carboxylic acids is 1. The minimum Gasteiger partial charge on any atom is -0.486 e. The monoisotopic (exact) mass is 333 g/mol. The molecule has 23 heavy (non-hydrogen) atoms. The maximum Gasteiger partial charge on any atom is 0.255 e. The molecule has 0 bridgehead atoms. The van der Waals surface area contributed by atoms with Crippen LogP contribution in [0.1, 0.15) is 10.4 Å². The average molecular weight is 333 g/mol. The lowest BCUT2D eigenvalue weighted by molar-refractivity contribution is 0.102. The minimum absolute atomic E-state index is 0.204. The molecule has 0 saturated carbocycles. The SMILES string of the molecule is CS(=O)(=O)c1ccc(NC(=O)c2ccc3c(c2)OCCO3)cc1. The van der Waals surface area contributed by atoms with Crippen LogP contribution in [-0.2, 0) is 9.84 Å². The van der Waals surface area contributed by atoms with Crippen molar-refractivity contribution >= 4 is 21.4 Å². The van der Waals surface area contributed by atoms with E-state index >= 15 is 0 Å². The average Bonchev–Trinajstić information content (AvgIpc) is 2.54. The number of anilines is 1. The Kier molecular flexibility index (Phi) is 3.96. The van der Waals surface area contributed by atoms with Crippen LogP contribution in [0.3, 0.4) is 0 Å². The van der Waals surface area contributed by atoms with Crippen LogP contribution in [0.4, 0.5) is 5.69 Å². The second-order valence-corrected chi connectivity index (χ2v) is 7.12. The van der Waals surface area contributed by atoms with Gasteiger partial charge in [-0.15, -0.1) is 0 Å². The van der Waals surface area contributed by atoms with E-state index in [1.165, 1.54) is 12.1 Å². The molecule has 0 saturated heterocycles. The van der Waals surface area contributed by atoms with Gasteiger partial charge in [0.1, 0.15) is 13.2 Å². The normalized spacial score (nSPS) is 13.4. The van der Waals surface area contributed by atoms with Gasteiger partial charge in [-0.1, -0.05) is 0 Å². The van der Waals surface area contributed by atoms with Gasteiger partial charge in [-0.25, -0.2) is 8.42 Å². The molecular formula is C16H15NO5S. The summed E-state index contributed by atoms with van der Waals surface area (Å²) in [6.45, 7) is 0.941. The summed E-state index contributed by atoms with van der Waals surface area (Å²) in [7, 11) is -3.25.